The fraction of sp³-hybridized carbons (Fsp3) is 0.414. The van der Waals surface area contributed by atoms with Gasteiger partial charge in [0.2, 0.25) is 17.9 Å². The predicted octanol–water partition coefficient (Wildman–Crippen LogP) is 4.84. The Morgan fingerprint density at radius 3 is 2.32 bits per heavy atom. The van der Waals surface area contributed by atoms with Crippen molar-refractivity contribution in [3.05, 3.63) is 60.2 Å². The van der Waals surface area contributed by atoms with Crippen molar-refractivity contribution in [1.82, 2.24) is 15.3 Å². The monoisotopic (exact) mass is 571 g/mol. The van der Waals surface area contributed by atoms with Gasteiger partial charge in [-0.25, -0.2) is 0 Å². The Morgan fingerprint density at radius 1 is 1.12 bits per heavy atom. The van der Waals surface area contributed by atoms with E-state index in [4.69, 9.17) is 15.2 Å². The van der Waals surface area contributed by atoms with Crippen molar-refractivity contribution in [2.24, 2.45) is 5.41 Å². The molecule has 3 aromatic rings. The zero-order chi connectivity index (χ0) is 29.2. The number of carboxylic acid groups (broad SMARTS) is 1. The summed E-state index contributed by atoms with van der Waals surface area (Å²) in [4.78, 5) is 21.4. The van der Waals surface area contributed by atoms with E-state index in [0.717, 1.165) is 24.0 Å². The van der Waals surface area contributed by atoms with E-state index in [0.29, 0.717) is 44.2 Å². The third kappa shape index (κ3) is 6.48. The first-order valence-electron chi connectivity index (χ1n) is 13.5. The highest BCUT2D eigenvalue weighted by Crippen LogP contribution is 2.41. The summed E-state index contributed by atoms with van der Waals surface area (Å²) in [6.45, 7) is 4.15. The number of rotatable bonds is 8. The Labute approximate surface area is 235 Å². The van der Waals surface area contributed by atoms with Crippen LogP contribution < -0.4 is 25.4 Å². The Balaban J connectivity index is 1.30. The second kappa shape index (κ2) is 11.4. The molecule has 0 saturated carbocycles. The van der Waals surface area contributed by atoms with E-state index in [9.17, 15) is 23.1 Å². The number of ether oxygens (including phenoxy) is 2. The topological polar surface area (TPSA) is 123 Å². The lowest BCUT2D eigenvalue weighted by Crippen LogP contribution is -2.41. The van der Waals surface area contributed by atoms with Gasteiger partial charge in [0.15, 0.2) is 0 Å². The summed E-state index contributed by atoms with van der Waals surface area (Å²) >= 11 is 0. The van der Waals surface area contributed by atoms with E-state index in [1.807, 2.05) is 36.1 Å². The number of hydrogen-bond acceptors (Lipinski definition) is 8. The van der Waals surface area contributed by atoms with Gasteiger partial charge in [-0.3, -0.25) is 4.79 Å². The standard InChI is InChI=1S/C29H32F3N5O4/c1-2-40-21-9-7-19(8-10-21)18-3-5-20(6-4-18)25(29(30,31)32)41-24-15-23(35-27(33)36-24)37-13-11-28(12-14-37)16-22(26(38)39)34-17-28/h3-10,15,22,25,34H,2,11-14,16-17H2,1H3,(H,38,39)(H2,33,35,36)/t22-,25+/m0/s1. The Hall–Kier alpha value is -4.06. The molecule has 12 heteroatoms. The zero-order valence-electron chi connectivity index (χ0n) is 22.5. The number of carboxylic acids is 1. The smallest absolute Gasteiger partial charge is 0.429 e. The van der Waals surface area contributed by atoms with Crippen molar-refractivity contribution in [2.45, 2.75) is 44.5 Å². The molecular formula is C29H32F3N5O4. The minimum absolute atomic E-state index is 0.0763. The summed E-state index contributed by atoms with van der Waals surface area (Å²) in [6.07, 6.45) is -5.00. The van der Waals surface area contributed by atoms with Crippen LogP contribution in [0, 0.1) is 5.41 Å². The van der Waals surface area contributed by atoms with E-state index in [1.165, 1.54) is 18.2 Å². The van der Waals surface area contributed by atoms with Crippen LogP contribution in [-0.2, 0) is 4.79 Å². The number of halogens is 3. The fourth-order valence-electron chi connectivity index (χ4n) is 5.54. The number of benzene rings is 2. The number of piperidine rings is 1. The molecule has 2 aromatic carbocycles. The van der Waals surface area contributed by atoms with Crippen molar-refractivity contribution in [3.63, 3.8) is 0 Å². The zero-order valence-corrected chi connectivity index (χ0v) is 22.5. The minimum atomic E-state index is -4.71. The second-order valence-corrected chi connectivity index (χ2v) is 10.5. The summed E-state index contributed by atoms with van der Waals surface area (Å²) in [7, 11) is 0. The van der Waals surface area contributed by atoms with Crippen LogP contribution in [0.25, 0.3) is 11.1 Å². The molecule has 1 aromatic heterocycles. The van der Waals surface area contributed by atoms with E-state index >= 15 is 0 Å². The molecule has 2 atom stereocenters. The molecule has 2 aliphatic heterocycles. The number of nitrogen functional groups attached to an aromatic ring is 1. The van der Waals surface area contributed by atoms with Gasteiger partial charge in [0.25, 0.3) is 0 Å². The molecule has 9 nitrogen and oxygen atoms in total. The summed E-state index contributed by atoms with van der Waals surface area (Å²) < 4.78 is 53.4. The maximum atomic E-state index is 14.2. The number of nitrogens with one attached hydrogen (secondary N) is 1. The van der Waals surface area contributed by atoms with Crippen LogP contribution in [0.4, 0.5) is 24.9 Å². The highest BCUT2D eigenvalue weighted by molar-refractivity contribution is 5.74. The maximum absolute atomic E-state index is 14.2. The van der Waals surface area contributed by atoms with Gasteiger partial charge in [-0.05, 0) is 54.9 Å². The molecule has 2 saturated heterocycles. The normalized spacial score (nSPS) is 19.2. The lowest BCUT2D eigenvalue weighted by molar-refractivity contribution is -0.198. The van der Waals surface area contributed by atoms with E-state index in [2.05, 4.69) is 15.3 Å². The average molecular weight is 572 g/mol. The summed E-state index contributed by atoms with van der Waals surface area (Å²) in [6, 6.07) is 14.1. The molecule has 4 N–H and O–H groups in total. The average Bonchev–Trinajstić information content (AvgIpc) is 3.36. The van der Waals surface area contributed by atoms with Crippen molar-refractivity contribution in [1.29, 1.82) is 0 Å². The first-order chi connectivity index (χ1) is 19.5. The molecule has 0 unspecified atom stereocenters. The number of alkyl halides is 3. The number of anilines is 2. The second-order valence-electron chi connectivity index (χ2n) is 10.5. The molecule has 41 heavy (non-hydrogen) atoms. The SMILES string of the molecule is CCOc1ccc(-c2ccc([C@@H](Oc3cc(N4CCC5(CC4)CN[C@H](C(=O)O)C5)nc(N)n3)C(F)(F)F)cc2)cc1. The molecular weight excluding hydrogens is 539 g/mol. The van der Waals surface area contributed by atoms with E-state index in [1.54, 1.807) is 12.1 Å². The van der Waals surface area contributed by atoms with Gasteiger partial charge >= 0.3 is 12.1 Å². The van der Waals surface area contributed by atoms with Crippen LogP contribution >= 0.6 is 0 Å². The van der Waals surface area contributed by atoms with Gasteiger partial charge in [0.1, 0.15) is 17.6 Å². The Kier molecular flexibility index (Phi) is 7.94. The summed E-state index contributed by atoms with van der Waals surface area (Å²) in [5.74, 6) is -0.250. The number of nitrogens with two attached hydrogens (primary N) is 1. The Bertz CT molecular complexity index is 1360. The lowest BCUT2D eigenvalue weighted by atomic mass is 9.76. The summed E-state index contributed by atoms with van der Waals surface area (Å²) in [5.41, 5.74) is 7.26. The minimum Gasteiger partial charge on any atom is -0.494 e. The highest BCUT2D eigenvalue weighted by atomic mass is 19.4. The fourth-order valence-corrected chi connectivity index (χ4v) is 5.54. The van der Waals surface area contributed by atoms with Crippen LogP contribution in [0.5, 0.6) is 11.6 Å². The van der Waals surface area contributed by atoms with Gasteiger partial charge in [0.05, 0.1) is 6.61 Å². The number of aliphatic carboxylic acids is 1. The number of hydrogen-bond donors (Lipinski definition) is 3. The molecule has 5 rings (SSSR count). The molecule has 2 aliphatic rings. The van der Waals surface area contributed by atoms with Crippen LogP contribution in [0.2, 0.25) is 0 Å². The molecule has 0 aliphatic carbocycles. The van der Waals surface area contributed by atoms with Crippen molar-refractivity contribution < 1.29 is 32.5 Å². The van der Waals surface area contributed by atoms with Gasteiger partial charge in [-0.2, -0.15) is 23.1 Å². The van der Waals surface area contributed by atoms with Crippen LogP contribution in [0.1, 0.15) is 37.9 Å². The van der Waals surface area contributed by atoms with Crippen LogP contribution in [0.15, 0.2) is 54.6 Å². The molecule has 0 bridgehead atoms. The van der Waals surface area contributed by atoms with Gasteiger partial charge < -0.3 is 30.5 Å². The van der Waals surface area contributed by atoms with Gasteiger partial charge in [0, 0.05) is 31.3 Å². The number of aromatic nitrogens is 2. The van der Waals surface area contributed by atoms with Crippen molar-refractivity contribution >= 4 is 17.7 Å². The first kappa shape index (κ1) is 28.5. The Morgan fingerprint density at radius 2 is 1.76 bits per heavy atom. The summed E-state index contributed by atoms with van der Waals surface area (Å²) in [5, 5.41) is 12.4. The largest absolute Gasteiger partial charge is 0.494 e. The van der Waals surface area contributed by atoms with E-state index < -0.39 is 24.3 Å². The van der Waals surface area contributed by atoms with Gasteiger partial charge in [-0.1, -0.05) is 36.4 Å². The molecule has 218 valence electrons. The van der Waals surface area contributed by atoms with Gasteiger partial charge in [-0.15, -0.1) is 0 Å². The third-order valence-corrected chi connectivity index (χ3v) is 7.76. The van der Waals surface area contributed by atoms with Crippen LogP contribution in [0.3, 0.4) is 0 Å². The maximum Gasteiger partial charge on any atom is 0.429 e. The lowest BCUT2D eigenvalue weighted by Gasteiger charge is -2.39. The quantitative estimate of drug-likeness (QED) is 0.349. The molecule has 0 amide bonds. The number of carbonyl (C=O) groups is 1. The number of nitrogens with zero attached hydrogens (tertiary/aromatic N) is 3. The molecule has 2 fully saturated rings. The highest BCUT2D eigenvalue weighted by Gasteiger charge is 2.45. The molecule has 1 spiro atoms. The predicted molar refractivity (Wildman–Crippen MR) is 147 cm³/mol. The first-order valence-corrected chi connectivity index (χ1v) is 13.5. The van der Waals surface area contributed by atoms with Crippen molar-refractivity contribution in [3.8, 4) is 22.8 Å². The van der Waals surface area contributed by atoms with Crippen molar-refractivity contribution in [2.75, 3.05) is 36.9 Å². The molecule has 3 heterocycles. The molecule has 0 radical (unpaired) electrons. The third-order valence-electron chi connectivity index (χ3n) is 7.76. The van der Waals surface area contributed by atoms with E-state index in [-0.39, 0.29) is 22.8 Å². The van der Waals surface area contributed by atoms with Crippen LogP contribution in [-0.4, -0.2) is 59.5 Å².